The normalized spacial score (nSPS) is 15.3. The molecule has 1 saturated carbocycles. The predicted octanol–water partition coefficient (Wildman–Crippen LogP) is 1.92. The lowest BCUT2D eigenvalue weighted by molar-refractivity contribution is 0.562. The first-order valence-electron chi connectivity index (χ1n) is 7.11. The van der Waals surface area contributed by atoms with E-state index in [0.29, 0.717) is 12.5 Å². The smallest absolute Gasteiger partial charge is 0.211 e. The molecular formula is C14H20F2N2O2S. The Labute approximate surface area is 124 Å². The highest BCUT2D eigenvalue weighted by Crippen LogP contribution is 2.18. The van der Waals surface area contributed by atoms with Gasteiger partial charge in [0.25, 0.3) is 0 Å². The molecular weight excluding hydrogens is 298 g/mol. The Kier molecular flexibility index (Phi) is 5.66. The van der Waals surface area contributed by atoms with E-state index >= 15 is 0 Å². The summed E-state index contributed by atoms with van der Waals surface area (Å²) in [4.78, 5) is 0. The van der Waals surface area contributed by atoms with Crippen LogP contribution in [0.4, 0.5) is 8.78 Å². The first kappa shape index (κ1) is 16.3. The zero-order valence-corrected chi connectivity index (χ0v) is 12.6. The van der Waals surface area contributed by atoms with Crippen LogP contribution in [0.15, 0.2) is 18.2 Å². The average Bonchev–Trinajstić information content (AvgIpc) is 3.23. The number of halogens is 2. The number of hydrogen-bond acceptors (Lipinski definition) is 3. The summed E-state index contributed by atoms with van der Waals surface area (Å²) >= 11 is 0. The van der Waals surface area contributed by atoms with E-state index < -0.39 is 21.7 Å². The summed E-state index contributed by atoms with van der Waals surface area (Å²) < 4.78 is 52.2. The van der Waals surface area contributed by atoms with Crippen molar-refractivity contribution in [1.82, 2.24) is 10.0 Å². The summed E-state index contributed by atoms with van der Waals surface area (Å²) in [7, 11) is -3.46. The minimum atomic E-state index is -3.46. The molecule has 1 fully saturated rings. The molecule has 1 aromatic rings. The number of benzene rings is 1. The lowest BCUT2D eigenvalue weighted by atomic mass is 10.2. The van der Waals surface area contributed by atoms with Gasteiger partial charge in [0.2, 0.25) is 10.0 Å². The van der Waals surface area contributed by atoms with Crippen LogP contribution in [0.3, 0.4) is 0 Å². The summed E-state index contributed by atoms with van der Waals surface area (Å²) in [6.07, 6.45) is 3.74. The first-order chi connectivity index (χ1) is 9.96. The minimum Gasteiger partial charge on any atom is -0.314 e. The van der Waals surface area contributed by atoms with E-state index in [2.05, 4.69) is 10.0 Å². The Hall–Kier alpha value is -1.05. The third-order valence-electron chi connectivity index (χ3n) is 3.34. The Morgan fingerprint density at radius 1 is 1.19 bits per heavy atom. The summed E-state index contributed by atoms with van der Waals surface area (Å²) in [5, 5.41) is 3.31. The standard InChI is InChI=1S/C14H20F2N2O2S/c15-12-3-6-14(16)11(9-12)10-18-21(19,20)8-2-1-7-17-13-4-5-13/h3,6,9,13,17-18H,1-2,4-5,7-8,10H2. The molecule has 0 saturated heterocycles. The van der Waals surface area contributed by atoms with Crippen LogP contribution in [0.25, 0.3) is 0 Å². The molecule has 1 aliphatic rings. The van der Waals surface area contributed by atoms with Gasteiger partial charge in [-0.3, -0.25) is 0 Å². The summed E-state index contributed by atoms with van der Waals surface area (Å²) in [6.45, 7) is 0.588. The van der Waals surface area contributed by atoms with Gasteiger partial charge in [-0.25, -0.2) is 21.9 Å². The van der Waals surface area contributed by atoms with Crippen LogP contribution in [-0.2, 0) is 16.6 Å². The van der Waals surface area contributed by atoms with Crippen molar-refractivity contribution in [2.45, 2.75) is 38.3 Å². The Bertz CT molecular complexity index is 574. The molecule has 0 unspecified atom stereocenters. The van der Waals surface area contributed by atoms with Crippen molar-refractivity contribution < 1.29 is 17.2 Å². The van der Waals surface area contributed by atoms with Gasteiger partial charge in [0.15, 0.2) is 0 Å². The SMILES string of the molecule is O=S(=O)(CCCCNC1CC1)NCc1cc(F)ccc1F. The highest BCUT2D eigenvalue weighted by molar-refractivity contribution is 7.89. The van der Waals surface area contributed by atoms with Crippen molar-refractivity contribution in [3.63, 3.8) is 0 Å². The second-order valence-corrected chi connectivity index (χ2v) is 7.24. The molecule has 1 aromatic carbocycles. The molecule has 2 N–H and O–H groups in total. The van der Waals surface area contributed by atoms with Crippen LogP contribution < -0.4 is 10.0 Å². The van der Waals surface area contributed by atoms with Gasteiger partial charge >= 0.3 is 0 Å². The molecule has 0 aromatic heterocycles. The maximum Gasteiger partial charge on any atom is 0.211 e. The second-order valence-electron chi connectivity index (χ2n) is 5.31. The van der Waals surface area contributed by atoms with Crippen LogP contribution in [-0.4, -0.2) is 26.8 Å². The summed E-state index contributed by atoms with van der Waals surface area (Å²) in [5.41, 5.74) is 0.00831. The van der Waals surface area contributed by atoms with Crippen LogP contribution >= 0.6 is 0 Å². The molecule has 0 spiro atoms. The molecule has 1 aliphatic carbocycles. The maximum atomic E-state index is 13.4. The van der Waals surface area contributed by atoms with Gasteiger partial charge in [0.1, 0.15) is 11.6 Å². The number of hydrogen-bond donors (Lipinski definition) is 2. The van der Waals surface area contributed by atoms with Gasteiger partial charge < -0.3 is 5.32 Å². The molecule has 0 heterocycles. The largest absolute Gasteiger partial charge is 0.314 e. The third kappa shape index (κ3) is 6.07. The zero-order chi connectivity index (χ0) is 15.3. The van der Waals surface area contributed by atoms with Gasteiger partial charge in [-0.15, -0.1) is 0 Å². The number of unbranched alkanes of at least 4 members (excludes halogenated alkanes) is 1. The van der Waals surface area contributed by atoms with Crippen LogP contribution in [0.1, 0.15) is 31.2 Å². The molecule has 7 heteroatoms. The van der Waals surface area contributed by atoms with Crippen molar-refractivity contribution in [2.75, 3.05) is 12.3 Å². The van der Waals surface area contributed by atoms with Crippen molar-refractivity contribution >= 4 is 10.0 Å². The van der Waals surface area contributed by atoms with E-state index in [1.807, 2.05) is 0 Å². The van der Waals surface area contributed by atoms with Crippen molar-refractivity contribution in [1.29, 1.82) is 0 Å². The quantitative estimate of drug-likeness (QED) is 0.684. The van der Waals surface area contributed by atoms with E-state index in [1.165, 1.54) is 12.8 Å². The van der Waals surface area contributed by atoms with Crippen molar-refractivity contribution in [3.05, 3.63) is 35.4 Å². The Morgan fingerprint density at radius 3 is 2.67 bits per heavy atom. The molecule has 2 rings (SSSR count). The van der Waals surface area contributed by atoms with Gasteiger partial charge in [0.05, 0.1) is 5.75 Å². The first-order valence-corrected chi connectivity index (χ1v) is 8.76. The van der Waals surface area contributed by atoms with Gasteiger partial charge in [-0.05, 0) is 50.4 Å². The average molecular weight is 318 g/mol. The summed E-state index contributed by atoms with van der Waals surface area (Å²) in [5.74, 6) is -1.21. The predicted molar refractivity (Wildman–Crippen MR) is 77.2 cm³/mol. The maximum absolute atomic E-state index is 13.4. The Balaban J connectivity index is 1.71. The molecule has 118 valence electrons. The molecule has 0 aliphatic heterocycles. The van der Waals surface area contributed by atoms with Crippen molar-refractivity contribution in [2.24, 2.45) is 0 Å². The van der Waals surface area contributed by atoms with E-state index in [0.717, 1.165) is 31.2 Å². The zero-order valence-electron chi connectivity index (χ0n) is 11.7. The molecule has 0 atom stereocenters. The highest BCUT2D eigenvalue weighted by atomic mass is 32.2. The Morgan fingerprint density at radius 2 is 1.95 bits per heavy atom. The fourth-order valence-corrected chi connectivity index (χ4v) is 3.05. The lowest BCUT2D eigenvalue weighted by Crippen LogP contribution is -2.27. The summed E-state index contributed by atoms with van der Waals surface area (Å²) in [6, 6.07) is 3.61. The van der Waals surface area contributed by atoms with Crippen LogP contribution in [0.2, 0.25) is 0 Å². The molecule has 0 bridgehead atoms. The fraction of sp³-hybridized carbons (Fsp3) is 0.571. The number of nitrogens with one attached hydrogen (secondary N) is 2. The van der Waals surface area contributed by atoms with E-state index in [4.69, 9.17) is 0 Å². The third-order valence-corrected chi connectivity index (χ3v) is 4.75. The molecule has 0 radical (unpaired) electrons. The van der Waals surface area contributed by atoms with Gasteiger partial charge in [-0.2, -0.15) is 0 Å². The van der Waals surface area contributed by atoms with E-state index in [-0.39, 0.29) is 17.9 Å². The minimum absolute atomic E-state index is 0.00369. The number of sulfonamides is 1. The molecule has 21 heavy (non-hydrogen) atoms. The van der Waals surface area contributed by atoms with Crippen LogP contribution in [0.5, 0.6) is 0 Å². The highest BCUT2D eigenvalue weighted by Gasteiger charge is 2.19. The van der Waals surface area contributed by atoms with Gasteiger partial charge in [0, 0.05) is 18.2 Å². The van der Waals surface area contributed by atoms with E-state index in [1.54, 1.807) is 0 Å². The monoisotopic (exact) mass is 318 g/mol. The van der Waals surface area contributed by atoms with Gasteiger partial charge in [-0.1, -0.05) is 0 Å². The van der Waals surface area contributed by atoms with Crippen LogP contribution in [0, 0.1) is 11.6 Å². The second kappa shape index (κ2) is 7.29. The lowest BCUT2D eigenvalue weighted by Gasteiger charge is -2.08. The van der Waals surface area contributed by atoms with E-state index in [9.17, 15) is 17.2 Å². The fourth-order valence-electron chi connectivity index (χ4n) is 1.95. The van der Waals surface area contributed by atoms with Crippen molar-refractivity contribution in [3.8, 4) is 0 Å². The molecule has 0 amide bonds. The molecule has 4 nitrogen and oxygen atoms in total. The number of rotatable bonds is 9. The topological polar surface area (TPSA) is 58.2 Å².